The molecule has 0 N–H and O–H groups in total. The van der Waals surface area contributed by atoms with E-state index in [2.05, 4.69) is 6.07 Å². The van der Waals surface area contributed by atoms with Crippen molar-refractivity contribution in [2.45, 2.75) is 6.42 Å². The van der Waals surface area contributed by atoms with Crippen LogP contribution >= 0.6 is 0 Å². The Bertz CT molecular complexity index is 275. The lowest BCUT2D eigenvalue weighted by Gasteiger charge is -2.02. The molecule has 0 aromatic heterocycles. The van der Waals surface area contributed by atoms with Crippen molar-refractivity contribution in [3.05, 3.63) is 29.8 Å². The number of ether oxygens (including phenoxy) is 1. The van der Waals surface area contributed by atoms with Crippen molar-refractivity contribution in [2.75, 3.05) is 7.11 Å². The maximum absolute atomic E-state index is 8.43. The Hall–Kier alpha value is -1.49. The van der Waals surface area contributed by atoms with E-state index in [4.69, 9.17) is 10.00 Å². The zero-order valence-corrected chi connectivity index (χ0v) is 6.37. The second-order valence-corrected chi connectivity index (χ2v) is 2.15. The largest absolute Gasteiger partial charge is 0.496 e. The molecule has 0 fully saturated rings. The fourth-order valence-electron chi connectivity index (χ4n) is 0.934. The summed E-state index contributed by atoms with van der Waals surface area (Å²) in [4.78, 5) is 0. The summed E-state index contributed by atoms with van der Waals surface area (Å²) in [5, 5.41) is 8.43. The van der Waals surface area contributed by atoms with Crippen molar-refractivity contribution in [2.24, 2.45) is 0 Å². The summed E-state index contributed by atoms with van der Waals surface area (Å²) < 4.78 is 5.05. The number of nitriles is 1. The van der Waals surface area contributed by atoms with E-state index in [1.165, 1.54) is 0 Å². The molecule has 56 valence electrons. The normalized spacial score (nSPS) is 8.73. The zero-order valence-electron chi connectivity index (χ0n) is 6.37. The molecule has 1 aromatic rings. The van der Waals surface area contributed by atoms with Crippen molar-refractivity contribution < 1.29 is 4.74 Å². The average molecular weight is 147 g/mol. The van der Waals surface area contributed by atoms with Crippen molar-refractivity contribution in [1.82, 2.24) is 0 Å². The topological polar surface area (TPSA) is 33.0 Å². The van der Waals surface area contributed by atoms with E-state index in [9.17, 15) is 0 Å². The third-order valence-electron chi connectivity index (χ3n) is 1.46. The molecule has 0 saturated heterocycles. The number of benzene rings is 1. The predicted molar refractivity (Wildman–Crippen MR) is 42.3 cm³/mol. The smallest absolute Gasteiger partial charge is 0.123 e. The van der Waals surface area contributed by atoms with Crippen LogP contribution in [0.2, 0.25) is 0 Å². The van der Waals surface area contributed by atoms with Crippen LogP contribution < -0.4 is 4.74 Å². The van der Waals surface area contributed by atoms with Crippen LogP contribution in [0.3, 0.4) is 0 Å². The van der Waals surface area contributed by atoms with Gasteiger partial charge in [-0.25, -0.2) is 0 Å². The minimum Gasteiger partial charge on any atom is -0.496 e. The van der Waals surface area contributed by atoms with E-state index in [1.807, 2.05) is 24.3 Å². The second kappa shape index (κ2) is 3.62. The quantitative estimate of drug-likeness (QED) is 0.638. The Morgan fingerprint density at radius 2 is 2.18 bits per heavy atom. The number of nitrogens with zero attached hydrogens (tertiary/aromatic N) is 1. The van der Waals surface area contributed by atoms with Gasteiger partial charge in [-0.3, -0.25) is 0 Å². The van der Waals surface area contributed by atoms with Crippen molar-refractivity contribution in [3.63, 3.8) is 0 Å². The molecule has 11 heavy (non-hydrogen) atoms. The van der Waals surface area contributed by atoms with Crippen LogP contribution in [0.5, 0.6) is 5.75 Å². The lowest BCUT2D eigenvalue weighted by Crippen LogP contribution is -1.89. The van der Waals surface area contributed by atoms with Gasteiger partial charge < -0.3 is 4.74 Å². The average Bonchev–Trinajstić information content (AvgIpc) is 2.06. The van der Waals surface area contributed by atoms with Gasteiger partial charge in [-0.05, 0) is 6.07 Å². The molecule has 0 unspecified atom stereocenters. The molecule has 0 spiro atoms. The minimum absolute atomic E-state index is 0.407. The minimum atomic E-state index is 0.407. The summed E-state index contributed by atoms with van der Waals surface area (Å²) >= 11 is 0. The number of para-hydroxylation sites is 1. The molecule has 0 radical (unpaired) electrons. The highest BCUT2D eigenvalue weighted by molar-refractivity contribution is 5.34. The molecule has 0 amide bonds. The number of hydrogen-bond acceptors (Lipinski definition) is 2. The maximum atomic E-state index is 8.43. The van der Waals surface area contributed by atoms with E-state index in [-0.39, 0.29) is 0 Å². The van der Waals surface area contributed by atoms with Crippen molar-refractivity contribution in [1.29, 1.82) is 5.26 Å². The summed E-state index contributed by atoms with van der Waals surface area (Å²) in [6.45, 7) is 0. The molecular weight excluding hydrogens is 138 g/mol. The molecule has 2 nitrogen and oxygen atoms in total. The van der Waals surface area contributed by atoms with Crippen LogP contribution in [0.25, 0.3) is 0 Å². The Morgan fingerprint density at radius 1 is 1.45 bits per heavy atom. The lowest BCUT2D eigenvalue weighted by atomic mass is 10.1. The van der Waals surface area contributed by atoms with Gasteiger partial charge >= 0.3 is 0 Å². The van der Waals surface area contributed by atoms with Gasteiger partial charge in [0.25, 0.3) is 0 Å². The Balaban J connectivity index is 2.94. The fraction of sp³-hybridized carbons (Fsp3) is 0.222. The molecule has 0 atom stereocenters. The Morgan fingerprint density at radius 3 is 2.82 bits per heavy atom. The highest BCUT2D eigenvalue weighted by atomic mass is 16.5. The van der Waals surface area contributed by atoms with Gasteiger partial charge in [0.1, 0.15) is 5.75 Å². The molecule has 2 heteroatoms. The summed E-state index contributed by atoms with van der Waals surface area (Å²) in [6.07, 6.45) is 0.407. The van der Waals surface area contributed by atoms with E-state index in [0.29, 0.717) is 6.42 Å². The fourth-order valence-corrected chi connectivity index (χ4v) is 0.934. The number of hydrogen-bond donors (Lipinski definition) is 0. The van der Waals surface area contributed by atoms with Gasteiger partial charge in [0, 0.05) is 5.56 Å². The third kappa shape index (κ3) is 1.71. The van der Waals surface area contributed by atoms with Crippen molar-refractivity contribution >= 4 is 0 Å². The highest BCUT2D eigenvalue weighted by Crippen LogP contribution is 2.16. The molecule has 0 aliphatic carbocycles. The van der Waals surface area contributed by atoms with Crippen LogP contribution in [0, 0.1) is 11.3 Å². The second-order valence-electron chi connectivity index (χ2n) is 2.15. The first-order chi connectivity index (χ1) is 5.38. The first kappa shape index (κ1) is 7.62. The third-order valence-corrected chi connectivity index (χ3v) is 1.46. The molecule has 0 saturated carbocycles. The molecule has 0 heterocycles. The van der Waals surface area contributed by atoms with E-state index < -0.39 is 0 Å². The Kier molecular flexibility index (Phi) is 2.51. The summed E-state index contributed by atoms with van der Waals surface area (Å²) in [5.74, 6) is 0.786. The molecule has 1 aromatic carbocycles. The van der Waals surface area contributed by atoms with Crippen LogP contribution in [0.15, 0.2) is 24.3 Å². The SMILES string of the molecule is COc1ccccc1CC#N. The lowest BCUT2D eigenvalue weighted by molar-refractivity contribution is 0.411. The van der Waals surface area contributed by atoms with Crippen LogP contribution in [0.4, 0.5) is 0 Å². The van der Waals surface area contributed by atoms with E-state index in [0.717, 1.165) is 11.3 Å². The maximum Gasteiger partial charge on any atom is 0.123 e. The van der Waals surface area contributed by atoms with Gasteiger partial charge in [0.05, 0.1) is 19.6 Å². The van der Waals surface area contributed by atoms with Crippen molar-refractivity contribution in [3.8, 4) is 11.8 Å². The van der Waals surface area contributed by atoms with E-state index >= 15 is 0 Å². The molecular formula is C9H9NO. The Labute approximate surface area is 66.0 Å². The standard InChI is InChI=1S/C9H9NO/c1-11-9-5-3-2-4-8(9)6-7-10/h2-5H,6H2,1H3. The number of rotatable bonds is 2. The summed E-state index contributed by atoms with van der Waals surface area (Å²) in [5.41, 5.74) is 0.942. The summed E-state index contributed by atoms with van der Waals surface area (Å²) in [7, 11) is 1.61. The first-order valence-corrected chi connectivity index (χ1v) is 3.37. The molecule has 0 aliphatic heterocycles. The van der Waals surface area contributed by atoms with E-state index in [1.54, 1.807) is 7.11 Å². The number of methoxy groups -OCH3 is 1. The van der Waals surface area contributed by atoms with Gasteiger partial charge in [0.2, 0.25) is 0 Å². The van der Waals surface area contributed by atoms with Crippen LogP contribution in [-0.2, 0) is 6.42 Å². The van der Waals surface area contributed by atoms with Gasteiger partial charge in [-0.15, -0.1) is 0 Å². The monoisotopic (exact) mass is 147 g/mol. The first-order valence-electron chi connectivity index (χ1n) is 3.37. The van der Waals surface area contributed by atoms with Gasteiger partial charge in [-0.1, -0.05) is 18.2 Å². The molecule has 0 bridgehead atoms. The van der Waals surface area contributed by atoms with Crippen LogP contribution in [0.1, 0.15) is 5.56 Å². The predicted octanol–water partition coefficient (Wildman–Crippen LogP) is 1.76. The zero-order chi connectivity index (χ0) is 8.10. The van der Waals surface area contributed by atoms with Crippen LogP contribution in [-0.4, -0.2) is 7.11 Å². The van der Waals surface area contributed by atoms with Gasteiger partial charge in [-0.2, -0.15) is 5.26 Å². The molecule has 1 rings (SSSR count). The highest BCUT2D eigenvalue weighted by Gasteiger charge is 1.98. The summed E-state index contributed by atoms with van der Waals surface area (Å²) in [6, 6.07) is 9.61. The molecule has 0 aliphatic rings. The van der Waals surface area contributed by atoms with Gasteiger partial charge in [0.15, 0.2) is 0 Å².